The van der Waals surface area contributed by atoms with E-state index < -0.39 is 0 Å². The predicted octanol–water partition coefficient (Wildman–Crippen LogP) is 4.65. The highest BCUT2D eigenvalue weighted by Gasteiger charge is 2.15. The second kappa shape index (κ2) is 10.3. The minimum absolute atomic E-state index is 0.0702. The Balaban J connectivity index is 2.02. The Bertz CT molecular complexity index is 834. The van der Waals surface area contributed by atoms with Crippen molar-refractivity contribution in [2.45, 2.75) is 39.8 Å². The Morgan fingerprint density at radius 2 is 1.76 bits per heavy atom. The number of amides is 1. The molecule has 7 heteroatoms. The van der Waals surface area contributed by atoms with E-state index in [0.29, 0.717) is 35.4 Å². The topological polar surface area (TPSA) is 68.8 Å². The number of halogens is 1. The number of rotatable bonds is 9. The van der Waals surface area contributed by atoms with Crippen LogP contribution in [0.1, 0.15) is 33.3 Å². The number of hydrogen-bond donors (Lipinski definition) is 2. The van der Waals surface area contributed by atoms with Crippen molar-refractivity contribution in [1.82, 2.24) is 5.32 Å². The molecule has 6 nitrogen and oxygen atoms in total. The quantitative estimate of drug-likeness (QED) is 0.617. The van der Waals surface area contributed by atoms with Crippen LogP contribution in [0.25, 0.3) is 0 Å². The van der Waals surface area contributed by atoms with Gasteiger partial charge in [-0.05, 0) is 63.6 Å². The van der Waals surface area contributed by atoms with Crippen molar-refractivity contribution < 1.29 is 19.0 Å². The van der Waals surface area contributed by atoms with Crippen LogP contribution in [-0.4, -0.2) is 31.8 Å². The highest BCUT2D eigenvalue weighted by molar-refractivity contribution is 6.32. The Labute approximate surface area is 177 Å². The first-order chi connectivity index (χ1) is 13.7. The average Bonchev–Trinajstić information content (AvgIpc) is 2.64. The predicted molar refractivity (Wildman–Crippen MR) is 116 cm³/mol. The lowest BCUT2D eigenvalue weighted by atomic mass is 10.1. The minimum Gasteiger partial charge on any atom is -0.495 e. The fourth-order valence-electron chi connectivity index (χ4n) is 2.63. The zero-order valence-corrected chi connectivity index (χ0v) is 18.4. The first-order valence-corrected chi connectivity index (χ1v) is 9.86. The van der Waals surface area contributed by atoms with E-state index in [9.17, 15) is 4.79 Å². The molecular weight excluding hydrogens is 392 g/mol. The number of methoxy groups -OCH3 is 1. The van der Waals surface area contributed by atoms with Gasteiger partial charge in [-0.15, -0.1) is 0 Å². The van der Waals surface area contributed by atoms with E-state index in [-0.39, 0.29) is 18.1 Å². The molecule has 0 aromatic heterocycles. The summed E-state index contributed by atoms with van der Waals surface area (Å²) >= 11 is 6.16. The Morgan fingerprint density at radius 3 is 2.38 bits per heavy atom. The van der Waals surface area contributed by atoms with Gasteiger partial charge in [0.25, 0.3) is 5.91 Å². The number of nitrogens with one attached hydrogen (secondary N) is 2. The molecule has 0 heterocycles. The molecule has 0 saturated heterocycles. The highest BCUT2D eigenvalue weighted by atomic mass is 35.5. The van der Waals surface area contributed by atoms with E-state index in [2.05, 4.69) is 10.6 Å². The molecule has 0 aliphatic carbocycles. The third-order valence-electron chi connectivity index (χ3n) is 3.83. The molecule has 1 amide bonds. The van der Waals surface area contributed by atoms with Gasteiger partial charge in [-0.1, -0.05) is 17.7 Å². The highest BCUT2D eigenvalue weighted by Crippen LogP contribution is 2.30. The third-order valence-corrected chi connectivity index (χ3v) is 4.12. The first-order valence-electron chi connectivity index (χ1n) is 9.48. The molecule has 0 unspecified atom stereocenters. The van der Waals surface area contributed by atoms with Crippen LogP contribution in [0.5, 0.6) is 17.2 Å². The molecule has 0 bridgehead atoms. The fraction of sp³-hybridized carbons (Fsp3) is 0.409. The van der Waals surface area contributed by atoms with E-state index in [4.69, 9.17) is 25.8 Å². The molecular formula is C22H29ClN2O4. The summed E-state index contributed by atoms with van der Waals surface area (Å²) < 4.78 is 16.5. The molecule has 2 N–H and O–H groups in total. The van der Waals surface area contributed by atoms with Gasteiger partial charge in [0.15, 0.2) is 18.1 Å². The number of carbonyl (C=O) groups excluding carboxylic acids is 1. The Hall–Kier alpha value is -2.60. The van der Waals surface area contributed by atoms with E-state index in [0.717, 1.165) is 11.3 Å². The molecule has 0 aliphatic rings. The summed E-state index contributed by atoms with van der Waals surface area (Å²) in [5.41, 5.74) is 1.59. The molecule has 2 aromatic carbocycles. The van der Waals surface area contributed by atoms with E-state index >= 15 is 0 Å². The number of anilines is 1. The molecule has 2 aromatic rings. The second-order valence-corrected chi connectivity index (χ2v) is 7.91. The van der Waals surface area contributed by atoms with Crippen LogP contribution in [0.4, 0.5) is 5.69 Å². The lowest BCUT2D eigenvalue weighted by molar-refractivity contribution is -0.124. The lowest BCUT2D eigenvalue weighted by Crippen LogP contribution is -2.43. The van der Waals surface area contributed by atoms with Gasteiger partial charge >= 0.3 is 0 Å². The number of hydrogen-bond acceptors (Lipinski definition) is 5. The van der Waals surface area contributed by atoms with E-state index in [1.807, 2.05) is 64.1 Å². The van der Waals surface area contributed by atoms with Gasteiger partial charge < -0.3 is 24.8 Å². The van der Waals surface area contributed by atoms with Crippen LogP contribution in [0, 0.1) is 0 Å². The van der Waals surface area contributed by atoms with Crippen molar-refractivity contribution in [1.29, 1.82) is 0 Å². The van der Waals surface area contributed by atoms with Crippen molar-refractivity contribution >= 4 is 23.2 Å². The van der Waals surface area contributed by atoms with Gasteiger partial charge in [-0.2, -0.15) is 0 Å². The molecule has 2 rings (SSSR count). The molecule has 0 fully saturated rings. The average molecular weight is 421 g/mol. The zero-order chi connectivity index (χ0) is 21.4. The van der Waals surface area contributed by atoms with Gasteiger partial charge in [-0.3, -0.25) is 4.79 Å². The largest absolute Gasteiger partial charge is 0.495 e. The van der Waals surface area contributed by atoms with Crippen molar-refractivity contribution in [3.8, 4) is 17.2 Å². The maximum atomic E-state index is 12.0. The van der Waals surface area contributed by atoms with Gasteiger partial charge in [0.1, 0.15) is 5.75 Å². The zero-order valence-electron chi connectivity index (χ0n) is 17.6. The molecule has 0 aliphatic heterocycles. The summed E-state index contributed by atoms with van der Waals surface area (Å²) in [5, 5.41) is 6.73. The van der Waals surface area contributed by atoms with Crippen LogP contribution >= 0.6 is 11.6 Å². The van der Waals surface area contributed by atoms with Crippen LogP contribution in [0.3, 0.4) is 0 Å². The maximum absolute atomic E-state index is 12.0. The van der Waals surface area contributed by atoms with Crippen molar-refractivity contribution in [3.63, 3.8) is 0 Å². The second-order valence-electron chi connectivity index (χ2n) is 7.50. The molecule has 0 radical (unpaired) electrons. The minimum atomic E-state index is -0.303. The van der Waals surface area contributed by atoms with Crippen molar-refractivity contribution in [2.24, 2.45) is 0 Å². The summed E-state index contributed by atoms with van der Waals surface area (Å²) in [6, 6.07) is 11.2. The smallest absolute Gasteiger partial charge is 0.258 e. The summed E-state index contributed by atoms with van der Waals surface area (Å²) in [6.07, 6.45) is 0. The number of ether oxygens (including phenoxy) is 3. The van der Waals surface area contributed by atoms with Crippen LogP contribution in [0.2, 0.25) is 5.02 Å². The van der Waals surface area contributed by atoms with Crippen LogP contribution < -0.4 is 24.8 Å². The van der Waals surface area contributed by atoms with Gasteiger partial charge in [0, 0.05) is 17.8 Å². The lowest BCUT2D eigenvalue weighted by Gasteiger charge is -2.21. The van der Waals surface area contributed by atoms with Crippen molar-refractivity contribution in [2.75, 3.05) is 25.6 Å². The maximum Gasteiger partial charge on any atom is 0.258 e. The van der Waals surface area contributed by atoms with E-state index in [1.165, 1.54) is 0 Å². The summed E-state index contributed by atoms with van der Waals surface area (Å²) in [7, 11) is 1.58. The summed E-state index contributed by atoms with van der Waals surface area (Å²) in [6.45, 7) is 8.68. The molecule has 0 spiro atoms. The number of benzene rings is 2. The summed E-state index contributed by atoms with van der Waals surface area (Å²) in [4.78, 5) is 12.0. The number of carbonyl (C=O) groups is 1. The molecule has 0 atom stereocenters. The Kier molecular flexibility index (Phi) is 8.02. The molecule has 29 heavy (non-hydrogen) atoms. The normalized spacial score (nSPS) is 11.0. The van der Waals surface area contributed by atoms with Gasteiger partial charge in [-0.25, -0.2) is 0 Å². The summed E-state index contributed by atoms with van der Waals surface area (Å²) in [5.74, 6) is 1.59. The van der Waals surface area contributed by atoms with Crippen LogP contribution in [-0.2, 0) is 11.3 Å². The first kappa shape index (κ1) is 22.7. The Morgan fingerprint density at radius 1 is 1.03 bits per heavy atom. The van der Waals surface area contributed by atoms with Crippen molar-refractivity contribution in [3.05, 3.63) is 47.0 Å². The van der Waals surface area contributed by atoms with E-state index in [1.54, 1.807) is 7.11 Å². The SMILES string of the molecule is CCOc1cc(CNc2ccc(OC)c(Cl)c2)ccc1OCC(=O)NC(C)(C)C. The monoisotopic (exact) mass is 420 g/mol. The van der Waals surface area contributed by atoms with Gasteiger partial charge in [0.05, 0.1) is 18.7 Å². The molecule has 158 valence electrons. The fourth-order valence-corrected chi connectivity index (χ4v) is 2.89. The standard InChI is InChI=1S/C22H29ClN2O4/c1-6-28-20-11-15(13-24-16-8-10-18(27-5)17(23)12-16)7-9-19(20)29-14-21(26)25-22(2,3)4/h7-12,24H,6,13-14H2,1-5H3,(H,25,26). The van der Waals surface area contributed by atoms with Crippen LogP contribution in [0.15, 0.2) is 36.4 Å². The molecule has 0 saturated carbocycles. The van der Waals surface area contributed by atoms with Gasteiger partial charge in [0.2, 0.25) is 0 Å². The third kappa shape index (κ3) is 7.38.